The molecule has 132 valence electrons. The molecule has 2 saturated heterocycles. The molecule has 0 radical (unpaired) electrons. The minimum Gasteiger partial charge on any atom is -0.342 e. The van der Waals surface area contributed by atoms with Crippen LogP contribution < -0.4 is 0 Å². The first kappa shape index (κ1) is 16.5. The fourth-order valence-corrected chi connectivity index (χ4v) is 5.83. The summed E-state index contributed by atoms with van der Waals surface area (Å²) in [6.45, 7) is 5.15. The fraction of sp³-hybridized carbons (Fsp3) is 0.789. The maximum Gasteiger partial charge on any atom is 0.225 e. The summed E-state index contributed by atoms with van der Waals surface area (Å²) in [5, 5.41) is 1.35. The van der Waals surface area contributed by atoms with E-state index in [4.69, 9.17) is 4.98 Å². The van der Waals surface area contributed by atoms with Gasteiger partial charge in [-0.05, 0) is 65.5 Å². The van der Waals surface area contributed by atoms with Crippen LogP contribution in [0.15, 0.2) is 0 Å². The van der Waals surface area contributed by atoms with Crippen molar-refractivity contribution in [3.63, 3.8) is 0 Å². The molecule has 0 unspecified atom stereocenters. The molecule has 0 N–H and O–H groups in total. The molecule has 2 fully saturated rings. The summed E-state index contributed by atoms with van der Waals surface area (Å²) < 4.78 is 0. The molecule has 1 amide bonds. The van der Waals surface area contributed by atoms with Crippen LogP contribution in [0.3, 0.4) is 0 Å². The Balaban J connectivity index is 1.33. The number of hydrogen-bond donors (Lipinski definition) is 0. The van der Waals surface area contributed by atoms with Crippen LogP contribution in [0.4, 0.5) is 0 Å². The highest BCUT2D eigenvalue weighted by Crippen LogP contribution is 2.36. The van der Waals surface area contributed by atoms with Crippen molar-refractivity contribution in [2.24, 2.45) is 5.92 Å². The van der Waals surface area contributed by atoms with Crippen LogP contribution in [0.2, 0.25) is 0 Å². The summed E-state index contributed by atoms with van der Waals surface area (Å²) in [6, 6.07) is 0.531. The highest BCUT2D eigenvalue weighted by Gasteiger charge is 2.33. The van der Waals surface area contributed by atoms with Crippen molar-refractivity contribution < 1.29 is 4.79 Å². The quantitative estimate of drug-likeness (QED) is 0.825. The smallest absolute Gasteiger partial charge is 0.225 e. The van der Waals surface area contributed by atoms with Crippen molar-refractivity contribution in [3.05, 3.63) is 15.6 Å². The van der Waals surface area contributed by atoms with E-state index in [2.05, 4.69) is 23.8 Å². The van der Waals surface area contributed by atoms with Crippen molar-refractivity contribution in [2.75, 3.05) is 26.7 Å². The van der Waals surface area contributed by atoms with Crippen LogP contribution >= 0.6 is 11.3 Å². The lowest BCUT2D eigenvalue weighted by Crippen LogP contribution is -2.46. The van der Waals surface area contributed by atoms with Crippen LogP contribution in [0, 0.1) is 5.92 Å². The maximum atomic E-state index is 12.9. The normalized spacial score (nSPS) is 29.0. The van der Waals surface area contributed by atoms with Crippen LogP contribution in [0.1, 0.15) is 60.5 Å². The second-order valence-corrected chi connectivity index (χ2v) is 9.04. The second-order valence-electron chi connectivity index (χ2n) is 7.93. The molecule has 1 aliphatic carbocycles. The number of rotatable bonds is 2. The van der Waals surface area contributed by atoms with Gasteiger partial charge in [0.15, 0.2) is 0 Å². The molecule has 3 heterocycles. The van der Waals surface area contributed by atoms with Gasteiger partial charge in [-0.25, -0.2) is 4.98 Å². The van der Waals surface area contributed by atoms with Gasteiger partial charge >= 0.3 is 0 Å². The van der Waals surface area contributed by atoms with Crippen LogP contribution in [0.5, 0.6) is 0 Å². The Morgan fingerprint density at radius 2 is 1.96 bits per heavy atom. The van der Waals surface area contributed by atoms with Crippen LogP contribution in [0.25, 0.3) is 0 Å². The van der Waals surface area contributed by atoms with Gasteiger partial charge < -0.3 is 9.80 Å². The van der Waals surface area contributed by atoms with E-state index in [9.17, 15) is 4.79 Å². The summed E-state index contributed by atoms with van der Waals surface area (Å²) in [6.07, 6.45) is 7.94. The molecule has 4 rings (SSSR count). The van der Waals surface area contributed by atoms with Gasteiger partial charge in [0.05, 0.1) is 10.7 Å². The van der Waals surface area contributed by atoms with Crippen molar-refractivity contribution in [1.29, 1.82) is 0 Å². The zero-order chi connectivity index (χ0) is 16.7. The average Bonchev–Trinajstić information content (AvgIpc) is 3.19. The molecule has 1 aromatic heterocycles. The Morgan fingerprint density at radius 1 is 1.17 bits per heavy atom. The van der Waals surface area contributed by atoms with Crippen molar-refractivity contribution in [1.82, 2.24) is 14.8 Å². The molecule has 0 saturated carbocycles. The van der Waals surface area contributed by atoms with Crippen LogP contribution in [-0.4, -0.2) is 53.4 Å². The molecule has 2 atom stereocenters. The number of piperidine rings is 2. The molecule has 5 heteroatoms. The van der Waals surface area contributed by atoms with Gasteiger partial charge in [0.2, 0.25) is 5.91 Å². The fourth-order valence-electron chi connectivity index (χ4n) is 4.50. The Labute approximate surface area is 149 Å². The summed E-state index contributed by atoms with van der Waals surface area (Å²) in [7, 11) is 2.17. The monoisotopic (exact) mass is 347 g/mol. The highest BCUT2D eigenvalue weighted by atomic mass is 32.1. The van der Waals surface area contributed by atoms with Gasteiger partial charge in [-0.15, -0.1) is 11.3 Å². The first-order valence-corrected chi connectivity index (χ1v) is 10.4. The van der Waals surface area contributed by atoms with Gasteiger partial charge in [0.1, 0.15) is 0 Å². The maximum absolute atomic E-state index is 12.9. The Hall–Kier alpha value is -0.940. The molecular weight excluding hydrogens is 318 g/mol. The van der Waals surface area contributed by atoms with Crippen molar-refractivity contribution >= 4 is 17.2 Å². The Kier molecular flexibility index (Phi) is 4.65. The van der Waals surface area contributed by atoms with Crippen molar-refractivity contribution in [2.45, 2.75) is 63.8 Å². The number of nitrogens with zero attached hydrogens (tertiary/aromatic N) is 3. The summed E-state index contributed by atoms with van der Waals surface area (Å²) in [4.78, 5) is 23.8. The van der Waals surface area contributed by atoms with E-state index < -0.39 is 0 Å². The number of aromatic nitrogens is 1. The SMILES string of the molecule is C[C@@H]1C[C@H](C(=O)N2CCC(c3nc4c(s3)CCC4)CC2)CCN1C. The topological polar surface area (TPSA) is 36.4 Å². The highest BCUT2D eigenvalue weighted by molar-refractivity contribution is 7.11. The van der Waals surface area contributed by atoms with Gasteiger partial charge in [0, 0.05) is 35.8 Å². The van der Waals surface area contributed by atoms with E-state index in [1.54, 1.807) is 0 Å². The molecule has 4 nitrogen and oxygen atoms in total. The minimum absolute atomic E-state index is 0.247. The predicted molar refractivity (Wildman–Crippen MR) is 97.5 cm³/mol. The van der Waals surface area contributed by atoms with E-state index in [1.165, 1.54) is 34.8 Å². The van der Waals surface area contributed by atoms with E-state index in [0.717, 1.165) is 45.3 Å². The summed E-state index contributed by atoms with van der Waals surface area (Å²) in [5.74, 6) is 1.24. The Morgan fingerprint density at radius 3 is 2.67 bits per heavy atom. The lowest BCUT2D eigenvalue weighted by molar-refractivity contribution is -0.138. The number of carbonyl (C=O) groups is 1. The molecular formula is C19H29N3OS. The molecule has 0 bridgehead atoms. The predicted octanol–water partition coefficient (Wildman–Crippen LogP) is 3.07. The number of thiazole rings is 1. The lowest BCUT2D eigenvalue weighted by atomic mass is 9.89. The Bertz CT molecular complexity index is 584. The van der Waals surface area contributed by atoms with E-state index in [-0.39, 0.29) is 5.92 Å². The second kappa shape index (κ2) is 6.75. The standard InChI is InChI=1S/C19H29N3OS/c1-13-12-15(6-9-21(13)2)19(23)22-10-7-14(8-11-22)18-20-16-4-3-5-17(16)24-18/h13-15H,3-12H2,1-2H3/t13-,15-/m1/s1. The molecule has 2 aliphatic heterocycles. The van der Waals surface area contributed by atoms with E-state index in [0.29, 0.717) is 17.9 Å². The molecule has 0 spiro atoms. The third-order valence-corrected chi connectivity index (χ3v) is 7.65. The first-order chi connectivity index (χ1) is 11.6. The number of aryl methyl sites for hydroxylation is 2. The largest absolute Gasteiger partial charge is 0.342 e. The summed E-state index contributed by atoms with van der Waals surface area (Å²) in [5.41, 5.74) is 1.37. The molecule has 3 aliphatic rings. The van der Waals surface area contributed by atoms with Crippen molar-refractivity contribution in [3.8, 4) is 0 Å². The van der Waals surface area contributed by atoms with Gasteiger partial charge in [-0.3, -0.25) is 4.79 Å². The number of hydrogen-bond acceptors (Lipinski definition) is 4. The van der Waals surface area contributed by atoms with Gasteiger partial charge in [-0.1, -0.05) is 0 Å². The minimum atomic E-state index is 0.247. The number of amides is 1. The van der Waals surface area contributed by atoms with E-state index in [1.807, 2.05) is 11.3 Å². The van der Waals surface area contributed by atoms with E-state index >= 15 is 0 Å². The lowest BCUT2D eigenvalue weighted by Gasteiger charge is -2.38. The van der Waals surface area contributed by atoms with Gasteiger partial charge in [0.25, 0.3) is 0 Å². The third-order valence-electron chi connectivity index (χ3n) is 6.33. The molecule has 1 aromatic rings. The average molecular weight is 348 g/mol. The third kappa shape index (κ3) is 3.13. The number of carbonyl (C=O) groups excluding carboxylic acids is 1. The summed E-state index contributed by atoms with van der Waals surface area (Å²) >= 11 is 1.95. The zero-order valence-corrected chi connectivity index (χ0v) is 15.8. The number of likely N-dealkylation sites (tertiary alicyclic amines) is 2. The van der Waals surface area contributed by atoms with Gasteiger partial charge in [-0.2, -0.15) is 0 Å². The van der Waals surface area contributed by atoms with Crippen LogP contribution in [-0.2, 0) is 17.6 Å². The number of fused-ring (bicyclic) bond motifs is 1. The first-order valence-electron chi connectivity index (χ1n) is 9.59. The molecule has 0 aromatic carbocycles. The molecule has 24 heavy (non-hydrogen) atoms. The zero-order valence-electron chi connectivity index (χ0n) is 15.0.